The summed E-state index contributed by atoms with van der Waals surface area (Å²) in [7, 11) is 1.80. The van der Waals surface area contributed by atoms with E-state index < -0.39 is 0 Å². The number of aromatic nitrogens is 2. The van der Waals surface area contributed by atoms with Crippen LogP contribution in [-0.4, -0.2) is 16.1 Å². The smallest absolute Gasteiger partial charge is 0.170 e. The first-order chi connectivity index (χ1) is 7.20. The van der Waals surface area contributed by atoms with Crippen LogP contribution in [0.25, 0.3) is 11.1 Å². The molecule has 0 N–H and O–H groups in total. The zero-order valence-corrected chi connectivity index (χ0v) is 9.73. The largest absolute Gasteiger partial charge is 0.296 e. The molecule has 0 atom stereocenters. The zero-order chi connectivity index (χ0) is 10.8. The minimum absolute atomic E-state index is 0.472. The van der Waals surface area contributed by atoms with Crippen LogP contribution in [0.15, 0.2) is 34.9 Å². The van der Waals surface area contributed by atoms with E-state index in [-0.39, 0.29) is 0 Å². The molecule has 0 saturated heterocycles. The Bertz CT molecular complexity index is 488. The molecule has 3 nitrogen and oxygen atoms in total. The van der Waals surface area contributed by atoms with Crippen LogP contribution in [0, 0.1) is 0 Å². The SMILES string of the molecule is Cn1cc(-c2ccc(Br)cc2)c(C=O)n1. The van der Waals surface area contributed by atoms with Crippen molar-refractivity contribution in [2.45, 2.75) is 0 Å². The van der Waals surface area contributed by atoms with Crippen molar-refractivity contribution in [1.29, 1.82) is 0 Å². The molecule has 0 fully saturated rings. The number of halogens is 1. The van der Waals surface area contributed by atoms with Crippen LogP contribution < -0.4 is 0 Å². The molecular weight excluding hydrogens is 256 g/mol. The summed E-state index contributed by atoms with van der Waals surface area (Å²) in [5.41, 5.74) is 2.33. The number of aryl methyl sites for hydroxylation is 1. The van der Waals surface area contributed by atoms with E-state index in [0.717, 1.165) is 21.9 Å². The van der Waals surface area contributed by atoms with Gasteiger partial charge in [0, 0.05) is 23.3 Å². The van der Waals surface area contributed by atoms with E-state index in [4.69, 9.17) is 0 Å². The van der Waals surface area contributed by atoms with Crippen molar-refractivity contribution < 1.29 is 4.79 Å². The molecule has 1 aromatic heterocycles. The Hall–Kier alpha value is -1.42. The monoisotopic (exact) mass is 264 g/mol. The van der Waals surface area contributed by atoms with E-state index in [1.54, 1.807) is 11.7 Å². The number of rotatable bonds is 2. The lowest BCUT2D eigenvalue weighted by Crippen LogP contribution is -1.89. The summed E-state index contributed by atoms with van der Waals surface area (Å²) in [6, 6.07) is 7.79. The molecule has 0 saturated carbocycles. The Labute approximate surface area is 95.9 Å². The Morgan fingerprint density at radius 3 is 2.60 bits per heavy atom. The van der Waals surface area contributed by atoms with Crippen LogP contribution in [-0.2, 0) is 7.05 Å². The van der Waals surface area contributed by atoms with E-state index in [1.807, 2.05) is 30.5 Å². The van der Waals surface area contributed by atoms with Gasteiger partial charge in [-0.1, -0.05) is 28.1 Å². The maximum atomic E-state index is 10.8. The third kappa shape index (κ3) is 1.99. The summed E-state index contributed by atoms with van der Waals surface area (Å²) < 4.78 is 2.66. The van der Waals surface area contributed by atoms with Crippen molar-refractivity contribution >= 4 is 22.2 Å². The molecule has 0 aliphatic rings. The summed E-state index contributed by atoms with van der Waals surface area (Å²) in [5.74, 6) is 0. The molecule has 2 aromatic rings. The predicted molar refractivity (Wildman–Crippen MR) is 61.7 cm³/mol. The van der Waals surface area contributed by atoms with Gasteiger partial charge < -0.3 is 0 Å². The zero-order valence-electron chi connectivity index (χ0n) is 8.14. The molecule has 15 heavy (non-hydrogen) atoms. The summed E-state index contributed by atoms with van der Waals surface area (Å²) >= 11 is 3.37. The van der Waals surface area contributed by atoms with E-state index in [0.29, 0.717) is 5.69 Å². The topological polar surface area (TPSA) is 34.9 Å². The van der Waals surface area contributed by atoms with Crippen molar-refractivity contribution in [1.82, 2.24) is 9.78 Å². The van der Waals surface area contributed by atoms with Gasteiger partial charge in [0.05, 0.1) is 0 Å². The Balaban J connectivity index is 2.52. The molecule has 0 unspecified atom stereocenters. The first-order valence-corrected chi connectivity index (χ1v) is 5.25. The van der Waals surface area contributed by atoms with Crippen molar-refractivity contribution in [3.63, 3.8) is 0 Å². The standard InChI is InChI=1S/C11H9BrN2O/c1-14-6-10(11(7-15)13-14)8-2-4-9(12)5-3-8/h2-7H,1H3. The summed E-state index contributed by atoms with van der Waals surface area (Å²) in [4.78, 5) is 10.8. The number of nitrogens with zero attached hydrogens (tertiary/aromatic N) is 2. The minimum atomic E-state index is 0.472. The molecule has 2 rings (SSSR count). The quantitative estimate of drug-likeness (QED) is 0.782. The highest BCUT2D eigenvalue weighted by Crippen LogP contribution is 2.23. The van der Waals surface area contributed by atoms with Crippen LogP contribution in [0.5, 0.6) is 0 Å². The van der Waals surface area contributed by atoms with E-state index in [2.05, 4.69) is 21.0 Å². The molecule has 0 radical (unpaired) electrons. The second-order valence-corrected chi connectivity index (χ2v) is 4.14. The van der Waals surface area contributed by atoms with Crippen LogP contribution in [0.3, 0.4) is 0 Å². The van der Waals surface area contributed by atoms with Gasteiger partial charge >= 0.3 is 0 Å². The maximum Gasteiger partial charge on any atom is 0.170 e. The van der Waals surface area contributed by atoms with E-state index in [1.165, 1.54) is 0 Å². The van der Waals surface area contributed by atoms with Gasteiger partial charge in [0.25, 0.3) is 0 Å². The summed E-state index contributed by atoms with van der Waals surface area (Å²) in [6.07, 6.45) is 2.62. The molecular formula is C11H9BrN2O. The van der Waals surface area contributed by atoms with Crippen LogP contribution >= 0.6 is 15.9 Å². The number of hydrogen-bond acceptors (Lipinski definition) is 2. The molecule has 0 bridgehead atoms. The second-order valence-electron chi connectivity index (χ2n) is 3.23. The lowest BCUT2D eigenvalue weighted by molar-refractivity contribution is 0.111. The fourth-order valence-electron chi connectivity index (χ4n) is 1.44. The number of hydrogen-bond donors (Lipinski definition) is 0. The molecule has 0 spiro atoms. The summed E-state index contributed by atoms with van der Waals surface area (Å²) in [5, 5.41) is 4.06. The highest BCUT2D eigenvalue weighted by Gasteiger charge is 2.08. The molecule has 1 heterocycles. The third-order valence-corrected chi connectivity index (χ3v) is 2.65. The predicted octanol–water partition coefficient (Wildman–Crippen LogP) is 2.66. The highest BCUT2D eigenvalue weighted by atomic mass is 79.9. The molecule has 0 aliphatic heterocycles. The molecule has 4 heteroatoms. The number of carbonyl (C=O) groups excluding carboxylic acids is 1. The van der Waals surface area contributed by atoms with Crippen molar-refractivity contribution in [3.05, 3.63) is 40.6 Å². The lowest BCUT2D eigenvalue weighted by atomic mass is 10.1. The Kier molecular flexibility index (Phi) is 2.68. The van der Waals surface area contributed by atoms with Gasteiger partial charge in [-0.05, 0) is 17.7 Å². The second kappa shape index (κ2) is 3.98. The molecule has 0 amide bonds. The van der Waals surface area contributed by atoms with Gasteiger partial charge in [-0.15, -0.1) is 0 Å². The lowest BCUT2D eigenvalue weighted by Gasteiger charge is -1.97. The first-order valence-electron chi connectivity index (χ1n) is 4.45. The van der Waals surface area contributed by atoms with Gasteiger partial charge in [0.15, 0.2) is 6.29 Å². The van der Waals surface area contributed by atoms with Crippen LogP contribution in [0.1, 0.15) is 10.5 Å². The van der Waals surface area contributed by atoms with Crippen molar-refractivity contribution in [2.24, 2.45) is 7.05 Å². The van der Waals surface area contributed by atoms with Gasteiger partial charge in [-0.3, -0.25) is 9.48 Å². The third-order valence-electron chi connectivity index (χ3n) is 2.12. The van der Waals surface area contributed by atoms with Gasteiger partial charge in [-0.2, -0.15) is 5.10 Å². The fourth-order valence-corrected chi connectivity index (χ4v) is 1.71. The van der Waals surface area contributed by atoms with Gasteiger partial charge in [-0.25, -0.2) is 0 Å². The molecule has 0 aliphatic carbocycles. The Morgan fingerprint density at radius 2 is 2.00 bits per heavy atom. The highest BCUT2D eigenvalue weighted by molar-refractivity contribution is 9.10. The van der Waals surface area contributed by atoms with Gasteiger partial charge in [0.1, 0.15) is 5.69 Å². The first kappa shape index (κ1) is 10.1. The maximum absolute atomic E-state index is 10.8. The van der Waals surface area contributed by atoms with Gasteiger partial charge in [0.2, 0.25) is 0 Å². The minimum Gasteiger partial charge on any atom is -0.296 e. The molecule has 1 aromatic carbocycles. The number of benzene rings is 1. The van der Waals surface area contributed by atoms with Crippen LogP contribution in [0.4, 0.5) is 0 Å². The molecule has 76 valence electrons. The summed E-state index contributed by atoms with van der Waals surface area (Å²) in [6.45, 7) is 0. The van der Waals surface area contributed by atoms with E-state index >= 15 is 0 Å². The van der Waals surface area contributed by atoms with E-state index in [9.17, 15) is 4.79 Å². The van der Waals surface area contributed by atoms with Crippen molar-refractivity contribution in [3.8, 4) is 11.1 Å². The average Bonchev–Trinajstić information content (AvgIpc) is 2.61. The Morgan fingerprint density at radius 1 is 1.33 bits per heavy atom. The van der Waals surface area contributed by atoms with Crippen LogP contribution in [0.2, 0.25) is 0 Å². The number of aldehydes is 1. The average molecular weight is 265 g/mol. The number of carbonyl (C=O) groups is 1. The fraction of sp³-hybridized carbons (Fsp3) is 0.0909. The normalized spacial score (nSPS) is 10.3. The van der Waals surface area contributed by atoms with Crippen molar-refractivity contribution in [2.75, 3.05) is 0 Å².